The predicted molar refractivity (Wildman–Crippen MR) is 110 cm³/mol. The van der Waals surface area contributed by atoms with E-state index in [0.29, 0.717) is 23.4 Å². The first-order valence-electron chi connectivity index (χ1n) is 9.62. The number of pyridine rings is 1. The van der Waals surface area contributed by atoms with E-state index in [0.717, 1.165) is 34.6 Å². The Bertz CT molecular complexity index is 1250. The van der Waals surface area contributed by atoms with Crippen LogP contribution in [0.2, 0.25) is 0 Å². The Balaban J connectivity index is 2.11. The van der Waals surface area contributed by atoms with Gasteiger partial charge in [-0.3, -0.25) is 9.67 Å². The molecule has 0 saturated heterocycles. The zero-order valence-electron chi connectivity index (χ0n) is 16.3. The molecule has 0 atom stereocenters. The lowest BCUT2D eigenvalue weighted by Gasteiger charge is -2.10. The molecule has 0 radical (unpaired) electrons. The van der Waals surface area contributed by atoms with Crippen LogP contribution in [0.1, 0.15) is 37.5 Å². The fourth-order valence-electron chi connectivity index (χ4n) is 3.85. The molecule has 0 fully saturated rings. The highest BCUT2D eigenvalue weighted by Crippen LogP contribution is 2.35. The standard InChI is InChI=1S/C23H21FN4/c1-4-15-10-18-20(11-16(15)5-2)26-13-21-22(18)23(27-28(21)6-3)17-8-7-14(12-25)9-19(17)24/h7-11,13H,4-6H2,1-3H3. The maximum absolute atomic E-state index is 14.8. The molecule has 28 heavy (non-hydrogen) atoms. The second-order valence-corrected chi connectivity index (χ2v) is 6.83. The van der Waals surface area contributed by atoms with Crippen LogP contribution in [0, 0.1) is 17.1 Å². The van der Waals surface area contributed by atoms with Crippen molar-refractivity contribution in [2.45, 2.75) is 40.2 Å². The molecular weight excluding hydrogens is 351 g/mol. The maximum atomic E-state index is 14.8. The largest absolute Gasteiger partial charge is 0.263 e. The number of halogens is 1. The number of rotatable bonds is 4. The average molecular weight is 372 g/mol. The molecule has 140 valence electrons. The lowest BCUT2D eigenvalue weighted by Crippen LogP contribution is -1.97. The van der Waals surface area contributed by atoms with Crippen LogP contribution in [-0.2, 0) is 19.4 Å². The van der Waals surface area contributed by atoms with Gasteiger partial charge < -0.3 is 0 Å². The van der Waals surface area contributed by atoms with Gasteiger partial charge in [-0.2, -0.15) is 10.4 Å². The highest BCUT2D eigenvalue weighted by atomic mass is 19.1. The molecule has 0 N–H and O–H groups in total. The van der Waals surface area contributed by atoms with E-state index in [2.05, 4.69) is 31.0 Å². The second kappa shape index (κ2) is 7.05. The summed E-state index contributed by atoms with van der Waals surface area (Å²) in [6.45, 7) is 6.96. The van der Waals surface area contributed by atoms with Crippen LogP contribution in [0.3, 0.4) is 0 Å². The van der Waals surface area contributed by atoms with Gasteiger partial charge in [0.25, 0.3) is 0 Å². The van der Waals surface area contributed by atoms with Crippen LogP contribution >= 0.6 is 0 Å². The molecular formula is C23H21FN4. The molecule has 0 aliphatic carbocycles. The zero-order chi connectivity index (χ0) is 19.8. The normalized spacial score (nSPS) is 11.2. The Hall–Kier alpha value is -3.26. The summed E-state index contributed by atoms with van der Waals surface area (Å²) in [5.74, 6) is -0.437. The van der Waals surface area contributed by atoms with Gasteiger partial charge in [0.15, 0.2) is 0 Å². The van der Waals surface area contributed by atoms with Gasteiger partial charge >= 0.3 is 0 Å². The third-order valence-corrected chi connectivity index (χ3v) is 5.32. The molecule has 2 aromatic heterocycles. The van der Waals surface area contributed by atoms with Crippen molar-refractivity contribution in [3.8, 4) is 17.3 Å². The Morgan fingerprint density at radius 2 is 1.82 bits per heavy atom. The minimum absolute atomic E-state index is 0.299. The number of hydrogen-bond acceptors (Lipinski definition) is 3. The van der Waals surface area contributed by atoms with E-state index in [4.69, 9.17) is 10.4 Å². The molecule has 0 aliphatic rings. The Labute approximate surface area is 163 Å². The van der Waals surface area contributed by atoms with Gasteiger partial charge in [0.1, 0.15) is 11.5 Å². The van der Waals surface area contributed by atoms with Gasteiger partial charge in [-0.05, 0) is 61.2 Å². The summed E-state index contributed by atoms with van der Waals surface area (Å²) in [4.78, 5) is 4.66. The van der Waals surface area contributed by atoms with Crippen molar-refractivity contribution in [2.24, 2.45) is 0 Å². The first kappa shape index (κ1) is 18.1. The van der Waals surface area contributed by atoms with E-state index in [9.17, 15) is 4.39 Å². The van der Waals surface area contributed by atoms with Gasteiger partial charge in [0.2, 0.25) is 0 Å². The van der Waals surface area contributed by atoms with E-state index in [1.165, 1.54) is 17.2 Å². The summed E-state index contributed by atoms with van der Waals surface area (Å²) in [6.07, 6.45) is 3.70. The molecule has 4 rings (SSSR count). The number of benzene rings is 2. The molecule has 2 aromatic carbocycles. The van der Waals surface area contributed by atoms with Gasteiger partial charge in [-0.15, -0.1) is 0 Å². The molecule has 4 nitrogen and oxygen atoms in total. The number of hydrogen-bond donors (Lipinski definition) is 0. The lowest BCUT2D eigenvalue weighted by molar-refractivity contribution is 0.628. The highest BCUT2D eigenvalue weighted by molar-refractivity contribution is 6.11. The molecule has 0 bridgehead atoms. The summed E-state index contributed by atoms with van der Waals surface area (Å²) in [5, 5.41) is 15.6. The first-order valence-corrected chi connectivity index (χ1v) is 9.62. The van der Waals surface area contributed by atoms with E-state index >= 15 is 0 Å². The number of aromatic nitrogens is 3. The minimum atomic E-state index is -0.437. The molecule has 4 aromatic rings. The molecule has 0 saturated carbocycles. The third kappa shape index (κ3) is 2.73. The summed E-state index contributed by atoms with van der Waals surface area (Å²) in [6, 6.07) is 10.8. The highest BCUT2D eigenvalue weighted by Gasteiger charge is 2.19. The summed E-state index contributed by atoms with van der Waals surface area (Å²) in [5.41, 5.74) is 5.65. The SMILES string of the molecule is CCc1cc2ncc3c(c(-c4ccc(C#N)cc4F)nn3CC)c2cc1CC. The third-order valence-electron chi connectivity index (χ3n) is 5.32. The zero-order valence-corrected chi connectivity index (χ0v) is 16.3. The fraction of sp³-hybridized carbons (Fsp3) is 0.261. The van der Waals surface area contributed by atoms with Crippen molar-refractivity contribution >= 4 is 21.8 Å². The van der Waals surface area contributed by atoms with Crippen molar-refractivity contribution < 1.29 is 4.39 Å². The van der Waals surface area contributed by atoms with Crippen molar-refractivity contribution in [1.82, 2.24) is 14.8 Å². The average Bonchev–Trinajstić information content (AvgIpc) is 3.11. The van der Waals surface area contributed by atoms with Crippen LogP contribution in [0.15, 0.2) is 36.5 Å². The molecule has 2 heterocycles. The first-order chi connectivity index (χ1) is 13.6. The minimum Gasteiger partial charge on any atom is -0.263 e. The van der Waals surface area contributed by atoms with Crippen LogP contribution in [0.25, 0.3) is 33.1 Å². The molecule has 0 amide bonds. The summed E-state index contributed by atoms with van der Waals surface area (Å²) < 4.78 is 16.7. The van der Waals surface area contributed by atoms with Crippen molar-refractivity contribution in [3.05, 3.63) is 59.0 Å². The van der Waals surface area contributed by atoms with Gasteiger partial charge in [0, 0.05) is 22.9 Å². The predicted octanol–water partition coefficient (Wildman–Crippen LogP) is 5.41. The smallest absolute Gasteiger partial charge is 0.134 e. The van der Waals surface area contributed by atoms with Crippen LogP contribution in [-0.4, -0.2) is 14.8 Å². The van der Waals surface area contributed by atoms with Crippen molar-refractivity contribution in [1.29, 1.82) is 5.26 Å². The molecule has 0 unspecified atom stereocenters. The van der Waals surface area contributed by atoms with Gasteiger partial charge in [-0.25, -0.2) is 4.39 Å². The molecule has 0 aliphatic heterocycles. The van der Waals surface area contributed by atoms with E-state index in [-0.39, 0.29) is 0 Å². The number of nitriles is 1. The van der Waals surface area contributed by atoms with Crippen molar-refractivity contribution in [3.63, 3.8) is 0 Å². The van der Waals surface area contributed by atoms with Crippen LogP contribution in [0.5, 0.6) is 0 Å². The van der Waals surface area contributed by atoms with Gasteiger partial charge in [0.05, 0.1) is 28.9 Å². The lowest BCUT2D eigenvalue weighted by atomic mass is 9.96. The Morgan fingerprint density at radius 1 is 1.07 bits per heavy atom. The Kier molecular flexibility index (Phi) is 4.56. The van der Waals surface area contributed by atoms with Crippen LogP contribution in [0.4, 0.5) is 4.39 Å². The molecule has 0 spiro atoms. The number of aryl methyl sites for hydroxylation is 3. The fourth-order valence-corrected chi connectivity index (χ4v) is 3.85. The van der Waals surface area contributed by atoms with E-state index < -0.39 is 5.82 Å². The second-order valence-electron chi connectivity index (χ2n) is 6.83. The summed E-state index contributed by atoms with van der Waals surface area (Å²) in [7, 11) is 0. The number of nitrogens with zero attached hydrogens (tertiary/aromatic N) is 4. The van der Waals surface area contributed by atoms with Crippen LogP contribution < -0.4 is 0 Å². The summed E-state index contributed by atoms with van der Waals surface area (Å²) >= 11 is 0. The monoisotopic (exact) mass is 372 g/mol. The van der Waals surface area contributed by atoms with E-state index in [1.807, 2.05) is 23.9 Å². The Morgan fingerprint density at radius 3 is 2.46 bits per heavy atom. The van der Waals surface area contributed by atoms with Gasteiger partial charge in [-0.1, -0.05) is 13.8 Å². The maximum Gasteiger partial charge on any atom is 0.134 e. The topological polar surface area (TPSA) is 54.5 Å². The molecule has 5 heteroatoms. The number of fused-ring (bicyclic) bond motifs is 3. The van der Waals surface area contributed by atoms with Crippen molar-refractivity contribution in [2.75, 3.05) is 0 Å². The van der Waals surface area contributed by atoms with E-state index in [1.54, 1.807) is 12.1 Å². The quantitative estimate of drug-likeness (QED) is 0.481.